The van der Waals surface area contributed by atoms with Crippen LogP contribution in [0.3, 0.4) is 0 Å². The number of carbonyl (C=O) groups is 6. The van der Waals surface area contributed by atoms with Crippen molar-refractivity contribution in [3.8, 4) is 23.0 Å². The van der Waals surface area contributed by atoms with Gasteiger partial charge in [0.1, 0.15) is 53.8 Å². The van der Waals surface area contributed by atoms with Crippen molar-refractivity contribution in [2.24, 2.45) is 35.1 Å². The number of nitrogens with two attached hydrogens (primary N) is 2. The lowest BCUT2D eigenvalue weighted by molar-refractivity contribution is -0.148. The Kier molecular flexibility index (Phi) is 10.5. The van der Waals surface area contributed by atoms with Gasteiger partial charge in [-0.1, -0.05) is 25.6 Å². The molecule has 16 nitrogen and oxygen atoms in total. The zero-order valence-electron chi connectivity index (χ0n) is 32.9. The highest BCUT2D eigenvalue weighted by molar-refractivity contribution is 14.1. The zero-order chi connectivity index (χ0) is 45.0. The third-order valence-corrected chi connectivity index (χ3v) is 14.3. The predicted molar refractivity (Wildman–Crippen MR) is 226 cm³/mol. The SMILES string of the molecule is C[Si](C)(C)C#Cc1ccc(O)c2c1C[C@H]1C[C@H]3CC(=O)C(C(N)=O)=C(O)[C@@]3(O)C(=O)C1=C2O.NC(=O)C1=C(O)[C@@]2(O)C(=O)C3=C(O)c4c(O)ccc(I)c4C[C@H]3C[C@H]2CC1=O. The number of phenolic OH excluding ortho intramolecular Hbond substituents is 2. The molecule has 12 N–H and O–H groups in total. The summed E-state index contributed by atoms with van der Waals surface area (Å²) in [5.74, 6) is -9.38. The fourth-order valence-electron chi connectivity index (χ4n) is 9.58. The minimum atomic E-state index is -2.56. The highest BCUT2D eigenvalue weighted by Crippen LogP contribution is 2.54. The smallest absolute Gasteiger partial charge is 0.255 e. The quantitative estimate of drug-likeness (QED) is 0.0896. The van der Waals surface area contributed by atoms with Gasteiger partial charge >= 0.3 is 0 Å². The average molecular weight is 965 g/mol. The minimum absolute atomic E-state index is 0.0597. The maximum atomic E-state index is 13.4. The topological polar surface area (TPSA) is 316 Å². The molecule has 2 aromatic carbocycles. The van der Waals surface area contributed by atoms with Gasteiger partial charge in [-0.25, -0.2) is 0 Å². The van der Waals surface area contributed by atoms with E-state index in [2.05, 4.69) is 53.7 Å². The second-order valence-corrected chi connectivity index (χ2v) is 23.1. The fourth-order valence-corrected chi connectivity index (χ4v) is 10.8. The minimum Gasteiger partial charge on any atom is -0.508 e. The molecule has 2 amide bonds. The number of phenols is 2. The van der Waals surface area contributed by atoms with Gasteiger partial charge < -0.3 is 52.3 Å². The number of aromatic hydroxyl groups is 2. The number of fused-ring (bicyclic) bond motifs is 6. The van der Waals surface area contributed by atoms with Crippen LogP contribution < -0.4 is 11.5 Å². The molecule has 2 fully saturated rings. The van der Waals surface area contributed by atoms with Crippen molar-refractivity contribution in [2.75, 3.05) is 0 Å². The number of amides is 2. The predicted octanol–water partition coefficient (Wildman–Crippen LogP) is 2.68. The normalized spacial score (nSPS) is 28.0. The third-order valence-electron chi connectivity index (χ3n) is 12.4. The molecule has 0 aromatic heterocycles. The molecule has 0 spiro atoms. The molecule has 6 aliphatic carbocycles. The maximum Gasteiger partial charge on any atom is 0.255 e. The molecule has 18 heteroatoms. The molecule has 6 atom stereocenters. The lowest BCUT2D eigenvalue weighted by Crippen LogP contribution is -2.58. The van der Waals surface area contributed by atoms with Crippen LogP contribution >= 0.6 is 22.6 Å². The van der Waals surface area contributed by atoms with Crippen LogP contribution in [0.2, 0.25) is 19.6 Å². The van der Waals surface area contributed by atoms with E-state index < -0.39 is 112 Å². The van der Waals surface area contributed by atoms with Crippen molar-refractivity contribution in [1.82, 2.24) is 0 Å². The van der Waals surface area contributed by atoms with Crippen LogP contribution in [0.1, 0.15) is 53.5 Å². The Morgan fingerprint density at radius 2 is 1.08 bits per heavy atom. The summed E-state index contributed by atoms with van der Waals surface area (Å²) in [4.78, 5) is 74.5. The summed E-state index contributed by atoms with van der Waals surface area (Å²) in [6.07, 6.45) is 0.136. The van der Waals surface area contributed by atoms with E-state index in [1.807, 2.05) is 0 Å². The number of aliphatic hydroxyl groups is 6. The molecular formula is C43H41IN2O14Si. The van der Waals surface area contributed by atoms with Crippen molar-refractivity contribution in [1.29, 1.82) is 0 Å². The second kappa shape index (κ2) is 14.7. The highest BCUT2D eigenvalue weighted by atomic mass is 127. The second-order valence-electron chi connectivity index (χ2n) is 17.2. The molecule has 2 saturated carbocycles. The van der Waals surface area contributed by atoms with E-state index in [-0.39, 0.29) is 65.9 Å². The molecule has 6 aliphatic rings. The van der Waals surface area contributed by atoms with Gasteiger partial charge in [-0.05, 0) is 95.5 Å². The number of Topliss-reactive ketones (excluding diaryl/α,β-unsaturated/α-hetero) is 4. The van der Waals surface area contributed by atoms with Gasteiger partial charge in [-0.2, -0.15) is 0 Å². The van der Waals surface area contributed by atoms with E-state index in [1.54, 1.807) is 12.1 Å². The summed E-state index contributed by atoms with van der Waals surface area (Å²) in [6, 6.07) is 6.13. The summed E-state index contributed by atoms with van der Waals surface area (Å²) in [5.41, 5.74) is 8.68. The van der Waals surface area contributed by atoms with Gasteiger partial charge in [-0.15, -0.1) is 5.54 Å². The van der Waals surface area contributed by atoms with Gasteiger partial charge in [0, 0.05) is 45.0 Å². The van der Waals surface area contributed by atoms with E-state index in [9.17, 15) is 69.6 Å². The van der Waals surface area contributed by atoms with Crippen LogP contribution in [0, 0.1) is 38.7 Å². The van der Waals surface area contributed by atoms with Crippen molar-refractivity contribution in [3.05, 3.63) is 89.5 Å². The van der Waals surface area contributed by atoms with Crippen LogP contribution in [-0.4, -0.2) is 95.1 Å². The Labute approximate surface area is 362 Å². The van der Waals surface area contributed by atoms with E-state index in [0.717, 1.165) is 3.57 Å². The van der Waals surface area contributed by atoms with Crippen molar-refractivity contribution in [2.45, 2.75) is 69.4 Å². The lowest BCUT2D eigenvalue weighted by atomic mass is 9.59. The summed E-state index contributed by atoms with van der Waals surface area (Å²) in [7, 11) is -1.72. The van der Waals surface area contributed by atoms with Crippen LogP contribution in [0.15, 0.2) is 58.1 Å². The van der Waals surface area contributed by atoms with E-state index in [4.69, 9.17) is 11.5 Å². The number of ketones is 4. The van der Waals surface area contributed by atoms with Gasteiger partial charge in [0.2, 0.25) is 11.6 Å². The van der Waals surface area contributed by atoms with Crippen molar-refractivity contribution in [3.63, 3.8) is 0 Å². The van der Waals surface area contributed by atoms with E-state index in [0.29, 0.717) is 23.1 Å². The number of hydrogen-bond acceptors (Lipinski definition) is 14. The molecule has 2 aromatic rings. The van der Waals surface area contributed by atoms with Crippen LogP contribution in [0.5, 0.6) is 11.5 Å². The summed E-state index contributed by atoms with van der Waals surface area (Å²) >= 11 is 2.06. The monoisotopic (exact) mass is 964 g/mol. The molecule has 0 aliphatic heterocycles. The molecule has 318 valence electrons. The Morgan fingerprint density at radius 3 is 1.51 bits per heavy atom. The Hall–Kier alpha value is -5.75. The molecular weight excluding hydrogens is 923 g/mol. The van der Waals surface area contributed by atoms with Crippen LogP contribution in [-0.2, 0) is 41.6 Å². The number of aliphatic hydroxyl groups excluding tert-OH is 4. The first-order valence-electron chi connectivity index (χ1n) is 19.2. The molecule has 0 bridgehead atoms. The number of rotatable bonds is 2. The number of carbonyl (C=O) groups excluding carboxylic acids is 6. The van der Waals surface area contributed by atoms with Gasteiger partial charge in [0.05, 0.1) is 11.1 Å². The molecule has 0 saturated heterocycles. The van der Waals surface area contributed by atoms with Crippen molar-refractivity contribution < 1.29 is 69.6 Å². The van der Waals surface area contributed by atoms with E-state index in [1.165, 1.54) is 12.1 Å². The highest BCUT2D eigenvalue weighted by Gasteiger charge is 2.62. The average Bonchev–Trinajstić information content (AvgIpc) is 3.15. The number of halogens is 1. The Bertz CT molecular complexity index is 2660. The largest absolute Gasteiger partial charge is 0.508 e. The first-order valence-corrected chi connectivity index (χ1v) is 23.8. The third kappa shape index (κ3) is 6.56. The van der Waals surface area contributed by atoms with Crippen LogP contribution in [0.25, 0.3) is 11.5 Å². The summed E-state index contributed by atoms with van der Waals surface area (Å²) < 4.78 is 0.794. The fraction of sp³-hybridized carbons (Fsp3) is 0.349. The van der Waals surface area contributed by atoms with Crippen molar-refractivity contribution >= 4 is 77.1 Å². The molecule has 0 unspecified atom stereocenters. The molecule has 8 rings (SSSR count). The zero-order valence-corrected chi connectivity index (χ0v) is 36.1. The lowest BCUT2D eigenvalue weighted by Gasteiger charge is -2.46. The van der Waals surface area contributed by atoms with Crippen LogP contribution in [0.4, 0.5) is 0 Å². The molecule has 0 radical (unpaired) electrons. The molecule has 0 heterocycles. The molecule has 61 heavy (non-hydrogen) atoms. The Balaban J connectivity index is 0.000000186. The first-order chi connectivity index (χ1) is 28.4. The Morgan fingerprint density at radius 1 is 0.672 bits per heavy atom. The summed E-state index contributed by atoms with van der Waals surface area (Å²) in [5, 5.41) is 85.8. The van der Waals surface area contributed by atoms with E-state index >= 15 is 0 Å². The van der Waals surface area contributed by atoms with Gasteiger partial charge in [-0.3, -0.25) is 28.8 Å². The standard InChI is InChI=1S/C24H25NO7Si.C19H16INO7/c1-33(2,3)7-6-11-4-5-15(26)18-14(11)9-12-8-13-10-16(27)19(23(25)31)22(30)24(13,32)21(29)17(12)20(18)28;20-9-1-2-10(22)13-8(9)4-6-3-7-5-11(23)14(18(21)27)17(26)19(7,28)16(25)12(6)15(13)24/h4-5,12-13,26,28,30,32H,8-10H2,1-3H3,(H2,25,31);1-2,6-7,22,24,26,28H,3-5H2,(H2,21,27)/t12-,13+,24+;6-,7+,19+/m11/s1. The van der Waals surface area contributed by atoms with Gasteiger partial charge in [0.15, 0.2) is 22.8 Å². The number of hydrogen-bond donors (Lipinski definition) is 10. The maximum absolute atomic E-state index is 13.4. The number of benzene rings is 2. The van der Waals surface area contributed by atoms with Gasteiger partial charge in [0.25, 0.3) is 11.8 Å². The summed E-state index contributed by atoms with van der Waals surface area (Å²) in [6.45, 7) is 6.26. The number of primary amides is 2. The first kappa shape index (κ1) is 43.3.